The third-order valence-corrected chi connectivity index (χ3v) is 4.48. The predicted molar refractivity (Wildman–Crippen MR) is 83.7 cm³/mol. The molecule has 2 rings (SSSR count). The average Bonchev–Trinajstić information content (AvgIpc) is 2.54. The zero-order chi connectivity index (χ0) is 17.0. The molecular formula is C17H24F2N2O2. The first-order chi connectivity index (χ1) is 10.9. The van der Waals surface area contributed by atoms with Crippen molar-refractivity contribution in [1.29, 1.82) is 0 Å². The molecule has 128 valence electrons. The molecule has 1 amide bonds. The maximum atomic E-state index is 13.8. The van der Waals surface area contributed by atoms with Gasteiger partial charge < -0.3 is 14.9 Å². The second-order valence-corrected chi connectivity index (χ2v) is 6.04. The Morgan fingerprint density at radius 1 is 1.30 bits per heavy atom. The Morgan fingerprint density at radius 3 is 2.65 bits per heavy atom. The number of hydrogen-bond acceptors (Lipinski definition) is 3. The van der Waals surface area contributed by atoms with Crippen molar-refractivity contribution in [2.24, 2.45) is 0 Å². The Morgan fingerprint density at radius 2 is 2.00 bits per heavy atom. The van der Waals surface area contributed by atoms with Crippen molar-refractivity contribution >= 4 is 5.91 Å². The van der Waals surface area contributed by atoms with Gasteiger partial charge in [-0.15, -0.1) is 0 Å². The molecule has 0 bridgehead atoms. The Kier molecular flexibility index (Phi) is 5.70. The van der Waals surface area contributed by atoms with E-state index in [4.69, 9.17) is 0 Å². The molecule has 1 unspecified atom stereocenters. The number of nitrogens with zero attached hydrogens (tertiary/aromatic N) is 2. The van der Waals surface area contributed by atoms with Gasteiger partial charge in [0.05, 0.1) is 0 Å². The molecule has 1 saturated heterocycles. The van der Waals surface area contributed by atoms with Crippen molar-refractivity contribution in [3.05, 3.63) is 35.4 Å². The van der Waals surface area contributed by atoms with Crippen LogP contribution in [0, 0.1) is 11.6 Å². The molecule has 0 aromatic heterocycles. The van der Waals surface area contributed by atoms with Crippen molar-refractivity contribution in [2.75, 3.05) is 26.2 Å². The molecule has 1 heterocycles. The minimum absolute atomic E-state index is 0.0248. The summed E-state index contributed by atoms with van der Waals surface area (Å²) in [4.78, 5) is 16.1. The van der Waals surface area contributed by atoms with Crippen molar-refractivity contribution in [2.45, 2.75) is 38.8 Å². The SMILES string of the molecule is CCN(CC)CC1(O)CCCN(Cc2cccc(F)c2F)C1=O. The summed E-state index contributed by atoms with van der Waals surface area (Å²) >= 11 is 0. The highest BCUT2D eigenvalue weighted by Crippen LogP contribution is 2.26. The highest BCUT2D eigenvalue weighted by Gasteiger charge is 2.43. The molecule has 1 aliphatic heterocycles. The normalized spacial score (nSPS) is 22.0. The first-order valence-electron chi connectivity index (χ1n) is 8.08. The summed E-state index contributed by atoms with van der Waals surface area (Å²) < 4.78 is 27.1. The Labute approximate surface area is 135 Å². The van der Waals surface area contributed by atoms with E-state index in [0.717, 1.165) is 19.2 Å². The Balaban J connectivity index is 2.14. The number of likely N-dealkylation sites (tertiary alicyclic amines) is 1. The quantitative estimate of drug-likeness (QED) is 0.871. The van der Waals surface area contributed by atoms with E-state index in [1.165, 1.54) is 17.0 Å². The van der Waals surface area contributed by atoms with Gasteiger partial charge in [-0.3, -0.25) is 4.79 Å². The first-order valence-corrected chi connectivity index (χ1v) is 8.08. The van der Waals surface area contributed by atoms with Gasteiger partial charge in [0.2, 0.25) is 0 Å². The highest BCUT2D eigenvalue weighted by molar-refractivity contribution is 5.86. The van der Waals surface area contributed by atoms with Crippen LogP contribution in [-0.4, -0.2) is 52.6 Å². The van der Waals surface area contributed by atoms with E-state index in [0.29, 0.717) is 19.4 Å². The van der Waals surface area contributed by atoms with Gasteiger partial charge in [0.1, 0.15) is 0 Å². The molecular weight excluding hydrogens is 302 g/mol. The predicted octanol–water partition coefficient (Wildman–Crippen LogP) is 2.16. The maximum Gasteiger partial charge on any atom is 0.256 e. The van der Waals surface area contributed by atoms with Crippen molar-refractivity contribution < 1.29 is 18.7 Å². The third-order valence-electron chi connectivity index (χ3n) is 4.48. The van der Waals surface area contributed by atoms with Gasteiger partial charge in [0, 0.05) is 25.2 Å². The molecule has 1 aromatic carbocycles. The lowest BCUT2D eigenvalue weighted by Gasteiger charge is -2.40. The summed E-state index contributed by atoms with van der Waals surface area (Å²) in [6, 6.07) is 3.93. The fourth-order valence-electron chi connectivity index (χ4n) is 3.06. The number of aliphatic hydroxyl groups is 1. The van der Waals surface area contributed by atoms with Crippen LogP contribution in [0.5, 0.6) is 0 Å². The monoisotopic (exact) mass is 326 g/mol. The summed E-state index contributed by atoms with van der Waals surface area (Å²) in [5.74, 6) is -2.26. The molecule has 0 radical (unpaired) electrons. The lowest BCUT2D eigenvalue weighted by Crippen LogP contribution is -2.58. The van der Waals surface area contributed by atoms with Gasteiger partial charge in [-0.1, -0.05) is 26.0 Å². The molecule has 1 aliphatic rings. The number of halogens is 2. The van der Waals surface area contributed by atoms with E-state index in [1.54, 1.807) is 0 Å². The number of piperidine rings is 1. The molecule has 0 aliphatic carbocycles. The van der Waals surface area contributed by atoms with Crippen LogP contribution in [0.15, 0.2) is 18.2 Å². The minimum Gasteiger partial charge on any atom is -0.379 e. The lowest BCUT2D eigenvalue weighted by atomic mass is 9.90. The zero-order valence-corrected chi connectivity index (χ0v) is 13.7. The molecule has 0 spiro atoms. The second kappa shape index (κ2) is 7.36. The third kappa shape index (κ3) is 3.87. The largest absolute Gasteiger partial charge is 0.379 e. The van der Waals surface area contributed by atoms with E-state index in [2.05, 4.69) is 0 Å². The van der Waals surface area contributed by atoms with Crippen molar-refractivity contribution in [3.63, 3.8) is 0 Å². The fourth-order valence-corrected chi connectivity index (χ4v) is 3.06. The van der Waals surface area contributed by atoms with E-state index < -0.39 is 23.1 Å². The van der Waals surface area contributed by atoms with Gasteiger partial charge in [0.25, 0.3) is 5.91 Å². The van der Waals surface area contributed by atoms with Crippen LogP contribution >= 0.6 is 0 Å². The van der Waals surface area contributed by atoms with E-state index in [1.807, 2.05) is 18.7 Å². The van der Waals surface area contributed by atoms with E-state index in [9.17, 15) is 18.7 Å². The molecule has 4 nitrogen and oxygen atoms in total. The van der Waals surface area contributed by atoms with E-state index in [-0.39, 0.29) is 18.7 Å². The van der Waals surface area contributed by atoms with Crippen LogP contribution in [0.4, 0.5) is 8.78 Å². The zero-order valence-electron chi connectivity index (χ0n) is 13.7. The molecule has 6 heteroatoms. The van der Waals surface area contributed by atoms with Crippen molar-refractivity contribution in [1.82, 2.24) is 9.80 Å². The molecule has 0 saturated carbocycles. The van der Waals surface area contributed by atoms with Gasteiger partial charge in [-0.05, 0) is 32.0 Å². The fraction of sp³-hybridized carbons (Fsp3) is 0.588. The Bertz CT molecular complexity index is 564. The smallest absolute Gasteiger partial charge is 0.256 e. The van der Waals surface area contributed by atoms with Crippen LogP contribution < -0.4 is 0 Å². The summed E-state index contributed by atoms with van der Waals surface area (Å²) in [6.45, 7) is 6.11. The number of likely N-dealkylation sites (N-methyl/N-ethyl adjacent to an activating group) is 1. The lowest BCUT2D eigenvalue weighted by molar-refractivity contribution is -0.160. The van der Waals surface area contributed by atoms with Crippen LogP contribution in [0.3, 0.4) is 0 Å². The summed E-state index contributed by atoms with van der Waals surface area (Å²) in [5.41, 5.74) is -1.32. The molecule has 23 heavy (non-hydrogen) atoms. The molecule has 1 atom stereocenters. The van der Waals surface area contributed by atoms with Crippen LogP contribution in [-0.2, 0) is 11.3 Å². The Hall–Kier alpha value is -1.53. The number of amides is 1. The summed E-state index contributed by atoms with van der Waals surface area (Å²) in [6.07, 6.45) is 1.03. The number of carbonyl (C=O) groups is 1. The molecule has 1 aromatic rings. The highest BCUT2D eigenvalue weighted by atomic mass is 19.2. The number of rotatable bonds is 6. The minimum atomic E-state index is -1.45. The maximum absolute atomic E-state index is 13.8. The summed E-state index contributed by atoms with van der Waals surface area (Å²) in [5, 5.41) is 10.7. The standard InChI is InChI=1S/C17H24F2N2O2/c1-3-20(4-2)12-17(23)9-6-10-21(16(17)22)11-13-7-5-8-14(18)15(13)19/h5,7-8,23H,3-4,6,9-12H2,1-2H3. The molecule has 1 fully saturated rings. The van der Waals surface area contributed by atoms with Gasteiger partial charge in [-0.2, -0.15) is 0 Å². The first kappa shape index (κ1) is 17.8. The molecule has 1 N–H and O–H groups in total. The van der Waals surface area contributed by atoms with Crippen LogP contribution in [0.1, 0.15) is 32.3 Å². The van der Waals surface area contributed by atoms with Gasteiger partial charge >= 0.3 is 0 Å². The topological polar surface area (TPSA) is 43.8 Å². The van der Waals surface area contributed by atoms with Gasteiger partial charge in [-0.25, -0.2) is 8.78 Å². The summed E-state index contributed by atoms with van der Waals surface area (Å²) in [7, 11) is 0. The van der Waals surface area contributed by atoms with Gasteiger partial charge in [0.15, 0.2) is 17.2 Å². The number of benzene rings is 1. The van der Waals surface area contributed by atoms with Crippen LogP contribution in [0.2, 0.25) is 0 Å². The average molecular weight is 326 g/mol. The van der Waals surface area contributed by atoms with Crippen molar-refractivity contribution in [3.8, 4) is 0 Å². The second-order valence-electron chi connectivity index (χ2n) is 6.04. The number of hydrogen-bond donors (Lipinski definition) is 1. The number of carbonyl (C=O) groups excluding carboxylic acids is 1. The van der Waals surface area contributed by atoms with Crippen LogP contribution in [0.25, 0.3) is 0 Å². The van der Waals surface area contributed by atoms with E-state index >= 15 is 0 Å².